The molecule has 0 aliphatic carbocycles. The molecule has 3 N–H and O–H groups in total. The Balaban J connectivity index is 3.50. The first kappa shape index (κ1) is 58.6. The van der Waals surface area contributed by atoms with Crippen LogP contribution >= 0.6 is 0 Å². The first-order valence-electron chi connectivity index (χ1n) is 26.1. The summed E-state index contributed by atoms with van der Waals surface area (Å²) in [5, 5.41) is 22.9. The number of nitrogens with one attached hydrogen (secondary N) is 1. The fraction of sp³-hybridized carbons (Fsp3) is 0.782. The summed E-state index contributed by atoms with van der Waals surface area (Å²) in [5.74, 6) is -0.112. The lowest BCUT2D eigenvalue weighted by Crippen LogP contribution is -2.45. The number of hydrogen-bond acceptors (Lipinski definition) is 5. The molecule has 1 amide bonds. The Morgan fingerprint density at radius 3 is 1.36 bits per heavy atom. The van der Waals surface area contributed by atoms with Crippen molar-refractivity contribution in [2.24, 2.45) is 0 Å². The van der Waals surface area contributed by atoms with E-state index in [4.69, 9.17) is 4.74 Å². The molecule has 0 aromatic heterocycles. The number of esters is 1. The van der Waals surface area contributed by atoms with Crippen LogP contribution in [-0.4, -0.2) is 47.4 Å². The Bertz CT molecular complexity index is 1080. The monoisotopic (exact) mass is 854 g/mol. The van der Waals surface area contributed by atoms with E-state index in [0.717, 1.165) is 89.9 Å². The van der Waals surface area contributed by atoms with E-state index in [9.17, 15) is 19.8 Å². The Morgan fingerprint density at radius 2 is 0.869 bits per heavy atom. The first-order valence-corrected chi connectivity index (χ1v) is 26.1. The predicted molar refractivity (Wildman–Crippen MR) is 264 cm³/mol. The van der Waals surface area contributed by atoms with Gasteiger partial charge in [0.2, 0.25) is 5.91 Å². The molecule has 61 heavy (non-hydrogen) atoms. The summed E-state index contributed by atoms with van der Waals surface area (Å²) >= 11 is 0. The van der Waals surface area contributed by atoms with Gasteiger partial charge in [0, 0.05) is 12.8 Å². The van der Waals surface area contributed by atoms with Crippen LogP contribution in [-0.2, 0) is 14.3 Å². The quantitative estimate of drug-likeness (QED) is 0.0245. The summed E-state index contributed by atoms with van der Waals surface area (Å²) in [6.45, 7) is 4.79. The number of carbonyl (C=O) groups is 2. The van der Waals surface area contributed by atoms with Gasteiger partial charge in [-0.15, -0.1) is 0 Å². The number of rotatable bonds is 47. The first-order chi connectivity index (χ1) is 30.0. The molecule has 0 aliphatic heterocycles. The van der Waals surface area contributed by atoms with E-state index < -0.39 is 12.1 Å². The van der Waals surface area contributed by atoms with Gasteiger partial charge in [0.25, 0.3) is 0 Å². The number of carbonyl (C=O) groups excluding carboxylic acids is 2. The van der Waals surface area contributed by atoms with Crippen LogP contribution in [0.2, 0.25) is 0 Å². The lowest BCUT2D eigenvalue weighted by molar-refractivity contribution is -0.143. The van der Waals surface area contributed by atoms with Gasteiger partial charge in [-0.25, -0.2) is 0 Å². The number of aliphatic hydroxyl groups is 2. The van der Waals surface area contributed by atoms with Gasteiger partial charge in [-0.2, -0.15) is 0 Å². The van der Waals surface area contributed by atoms with E-state index in [0.29, 0.717) is 19.4 Å². The predicted octanol–water partition coefficient (Wildman–Crippen LogP) is 15.6. The highest BCUT2D eigenvalue weighted by atomic mass is 16.5. The van der Waals surface area contributed by atoms with Gasteiger partial charge in [-0.3, -0.25) is 9.59 Å². The molecular formula is C55H99NO5. The molecule has 0 bridgehead atoms. The third-order valence-corrected chi connectivity index (χ3v) is 11.5. The Morgan fingerprint density at radius 1 is 0.475 bits per heavy atom. The fourth-order valence-corrected chi connectivity index (χ4v) is 7.48. The Hall–Kier alpha value is -2.44. The van der Waals surface area contributed by atoms with Crippen LogP contribution in [0.3, 0.4) is 0 Å². The minimum absolute atomic E-state index is 0.0290. The average molecular weight is 854 g/mol. The minimum Gasteiger partial charge on any atom is -0.466 e. The van der Waals surface area contributed by atoms with Crippen LogP contribution in [0.4, 0.5) is 0 Å². The van der Waals surface area contributed by atoms with Gasteiger partial charge in [-0.05, 0) is 96.3 Å². The highest BCUT2D eigenvalue weighted by Gasteiger charge is 2.18. The van der Waals surface area contributed by atoms with Crippen LogP contribution in [0.15, 0.2) is 60.8 Å². The number of aliphatic hydroxyl groups excluding tert-OH is 2. The largest absolute Gasteiger partial charge is 0.466 e. The Labute approximate surface area is 378 Å². The molecule has 0 rings (SSSR count). The molecule has 0 saturated carbocycles. The van der Waals surface area contributed by atoms with Crippen molar-refractivity contribution in [2.45, 2.75) is 264 Å². The number of amides is 1. The van der Waals surface area contributed by atoms with E-state index in [1.165, 1.54) is 135 Å². The third-order valence-electron chi connectivity index (χ3n) is 11.5. The van der Waals surface area contributed by atoms with Crippen molar-refractivity contribution in [1.82, 2.24) is 5.32 Å². The summed E-state index contributed by atoms with van der Waals surface area (Å²) in [7, 11) is 0. The van der Waals surface area contributed by atoms with Crippen LogP contribution in [0.5, 0.6) is 0 Å². The normalized spacial score (nSPS) is 13.2. The maximum absolute atomic E-state index is 12.4. The smallest absolute Gasteiger partial charge is 0.305 e. The van der Waals surface area contributed by atoms with Crippen molar-refractivity contribution >= 4 is 11.9 Å². The lowest BCUT2D eigenvalue weighted by Gasteiger charge is -2.20. The molecule has 6 heteroatoms. The van der Waals surface area contributed by atoms with Crippen LogP contribution in [0.25, 0.3) is 0 Å². The van der Waals surface area contributed by atoms with E-state index in [2.05, 4.69) is 67.8 Å². The molecule has 0 aliphatic rings. The van der Waals surface area contributed by atoms with Crippen LogP contribution in [0, 0.1) is 0 Å². The van der Waals surface area contributed by atoms with Gasteiger partial charge in [0.1, 0.15) is 0 Å². The zero-order chi connectivity index (χ0) is 44.4. The van der Waals surface area contributed by atoms with Crippen molar-refractivity contribution in [3.63, 3.8) is 0 Å². The maximum Gasteiger partial charge on any atom is 0.305 e. The molecule has 0 heterocycles. The van der Waals surface area contributed by atoms with Gasteiger partial charge in [0.05, 0.1) is 25.4 Å². The second-order valence-corrected chi connectivity index (χ2v) is 17.5. The van der Waals surface area contributed by atoms with Crippen LogP contribution in [0.1, 0.15) is 251 Å². The standard InChI is InChI=1S/C55H99NO5/c1-3-5-7-9-11-13-14-15-16-23-26-29-33-37-41-45-49-55(60)61-50-46-42-38-34-30-27-24-21-19-17-18-20-22-25-28-32-36-40-44-48-54(59)56-52(51-57)53(58)47-43-39-35-31-12-10-8-6-4-2/h13-14,16,21,23-24,27,30,43,47,52-53,57-58H,3-12,15,17-20,22,25-26,28-29,31-42,44-46,48-51H2,1-2H3,(H,56,59)/b14-13-,23-16-,24-21-,30-27-,47-43+. The second-order valence-electron chi connectivity index (χ2n) is 17.5. The van der Waals surface area contributed by atoms with Crippen molar-refractivity contribution < 1.29 is 24.5 Å². The molecular weight excluding hydrogens is 755 g/mol. The zero-order valence-corrected chi connectivity index (χ0v) is 40.1. The molecule has 0 fully saturated rings. The molecule has 0 spiro atoms. The number of unbranched alkanes of at least 4 members (excludes halogenated alkanes) is 29. The molecule has 0 saturated heterocycles. The van der Waals surface area contributed by atoms with Crippen molar-refractivity contribution in [1.29, 1.82) is 0 Å². The van der Waals surface area contributed by atoms with Gasteiger partial charge in [-0.1, -0.05) is 203 Å². The fourth-order valence-electron chi connectivity index (χ4n) is 7.48. The van der Waals surface area contributed by atoms with Gasteiger partial charge < -0.3 is 20.3 Å². The maximum atomic E-state index is 12.4. The van der Waals surface area contributed by atoms with Crippen LogP contribution < -0.4 is 5.32 Å². The van der Waals surface area contributed by atoms with Crippen molar-refractivity contribution in [3.8, 4) is 0 Å². The van der Waals surface area contributed by atoms with Crippen molar-refractivity contribution in [3.05, 3.63) is 60.8 Å². The molecule has 2 unspecified atom stereocenters. The van der Waals surface area contributed by atoms with E-state index in [-0.39, 0.29) is 18.5 Å². The molecule has 0 aromatic rings. The summed E-state index contributed by atoms with van der Waals surface area (Å²) < 4.78 is 5.44. The average Bonchev–Trinajstić information content (AvgIpc) is 3.26. The molecule has 354 valence electrons. The molecule has 0 radical (unpaired) electrons. The summed E-state index contributed by atoms with van der Waals surface area (Å²) in [6.07, 6.45) is 63.7. The second kappa shape index (κ2) is 50.2. The number of ether oxygens (including phenoxy) is 1. The van der Waals surface area contributed by atoms with E-state index in [1.54, 1.807) is 6.08 Å². The number of allylic oxidation sites excluding steroid dienone is 9. The van der Waals surface area contributed by atoms with Gasteiger partial charge >= 0.3 is 5.97 Å². The van der Waals surface area contributed by atoms with E-state index in [1.807, 2.05) is 6.08 Å². The van der Waals surface area contributed by atoms with Crippen molar-refractivity contribution in [2.75, 3.05) is 13.2 Å². The summed E-state index contributed by atoms with van der Waals surface area (Å²) in [4.78, 5) is 24.4. The highest BCUT2D eigenvalue weighted by molar-refractivity contribution is 5.76. The summed E-state index contributed by atoms with van der Waals surface area (Å²) in [6, 6.07) is -0.635. The number of hydrogen-bond donors (Lipinski definition) is 3. The molecule has 2 atom stereocenters. The highest BCUT2D eigenvalue weighted by Crippen LogP contribution is 2.14. The topological polar surface area (TPSA) is 95.9 Å². The molecule has 0 aromatic carbocycles. The SMILES string of the molecule is CCCCCC/C=C\C/C=C\CCCCCCCC(=O)OCCCCC/C=C\C=C/CCCCCCCCCCCCC(=O)NC(CO)C(O)/C=C/CCCCCCCCC. The minimum atomic E-state index is -0.850. The third kappa shape index (κ3) is 46.9. The van der Waals surface area contributed by atoms with Gasteiger partial charge in [0.15, 0.2) is 0 Å². The lowest BCUT2D eigenvalue weighted by atomic mass is 10.0. The molecule has 6 nitrogen and oxygen atoms in total. The Kier molecular flexibility index (Phi) is 48.2. The summed E-state index contributed by atoms with van der Waals surface area (Å²) in [5.41, 5.74) is 0. The zero-order valence-electron chi connectivity index (χ0n) is 40.1. The van der Waals surface area contributed by atoms with E-state index >= 15 is 0 Å².